The van der Waals surface area contributed by atoms with Gasteiger partial charge in [0, 0.05) is 7.26 Å². The van der Waals surface area contributed by atoms with Gasteiger partial charge in [-0.25, -0.2) is 0 Å². The Labute approximate surface area is 268 Å². The van der Waals surface area contributed by atoms with E-state index in [2.05, 4.69) is 27.7 Å². The minimum atomic E-state index is -0.727. The molecule has 0 nitrogen and oxygen atoms in total. The molecule has 0 unspecified atom stereocenters. The summed E-state index contributed by atoms with van der Waals surface area (Å²) in [6.45, 7) is 9.40. The summed E-state index contributed by atoms with van der Waals surface area (Å²) < 4.78 is 0. The van der Waals surface area contributed by atoms with Gasteiger partial charge in [-0.05, 0) is 51.4 Å². The van der Waals surface area contributed by atoms with Gasteiger partial charge in [-0.1, -0.05) is 163 Å². The number of halogens is 1. The molecule has 0 radical (unpaired) electrons. The Morgan fingerprint density at radius 3 is 0.564 bits per heavy atom. The maximum absolute atomic E-state index is 2.36. The van der Waals surface area contributed by atoms with Gasteiger partial charge in [0.05, 0.1) is 24.6 Å². The molecule has 0 heterocycles. The van der Waals surface area contributed by atoms with Gasteiger partial charge in [-0.15, -0.1) is 0 Å². The number of unbranched alkanes of at least 4 members (excludes halogenated alkanes) is 25. The highest BCUT2D eigenvalue weighted by atomic mass is 127. The molecule has 0 bridgehead atoms. The Morgan fingerprint density at radius 2 is 0.385 bits per heavy atom. The second kappa shape index (κ2) is 35.4. The fraction of sp³-hybridized carbons (Fsp3) is 1.00. The Hall–Kier alpha value is 1.16. The number of hydrogen-bond donors (Lipinski definition) is 0. The lowest BCUT2D eigenvalue weighted by atomic mass is 10.0. The van der Waals surface area contributed by atoms with Gasteiger partial charge in [0.15, 0.2) is 0 Å². The van der Waals surface area contributed by atoms with E-state index in [1.165, 1.54) is 161 Å². The molecule has 39 heavy (non-hydrogen) atoms. The van der Waals surface area contributed by atoms with E-state index in [0.29, 0.717) is 0 Å². The quantitative estimate of drug-likeness (QED) is 0.0368. The maximum Gasteiger partial charge on any atom is 0.0594 e. The van der Waals surface area contributed by atoms with Gasteiger partial charge in [0.2, 0.25) is 0 Å². The van der Waals surface area contributed by atoms with Gasteiger partial charge in [0.1, 0.15) is 0 Å². The van der Waals surface area contributed by atoms with Crippen LogP contribution in [0.5, 0.6) is 0 Å². The highest BCUT2D eigenvalue weighted by Crippen LogP contribution is 2.61. The third-order valence-corrected chi connectivity index (χ3v) is 14.3. The molecule has 0 aromatic carbocycles. The van der Waals surface area contributed by atoms with Gasteiger partial charge in [-0.3, -0.25) is 0 Å². The summed E-state index contributed by atoms with van der Waals surface area (Å²) in [7, 11) is -0.727. The van der Waals surface area contributed by atoms with Crippen LogP contribution < -0.4 is 24.0 Å². The van der Waals surface area contributed by atoms with Crippen molar-refractivity contribution in [2.75, 3.05) is 24.6 Å². The lowest BCUT2D eigenvalue weighted by Crippen LogP contribution is -3.00. The standard InChI is InChI=1S/C37H78P.HI/c1-5-9-13-17-18-19-20-21-22-23-24-25-29-33-37-38(34-30-26-14-10-6-2,35-31-27-15-11-7-3)36-32-28-16-12-8-4;/h5-37H2,1-4H3;1H/q+1;/p-1. The fourth-order valence-corrected chi connectivity index (χ4v) is 11.4. The van der Waals surface area contributed by atoms with E-state index >= 15 is 0 Å². The summed E-state index contributed by atoms with van der Waals surface area (Å²) in [4.78, 5) is 0. The van der Waals surface area contributed by atoms with Crippen LogP contribution in [0.25, 0.3) is 0 Å². The molecule has 0 fully saturated rings. The van der Waals surface area contributed by atoms with Gasteiger partial charge >= 0.3 is 0 Å². The number of hydrogen-bond acceptors (Lipinski definition) is 0. The van der Waals surface area contributed by atoms with Gasteiger partial charge in [0.25, 0.3) is 0 Å². The zero-order valence-electron chi connectivity index (χ0n) is 28.2. The molecule has 0 atom stereocenters. The van der Waals surface area contributed by atoms with Crippen LogP contribution >= 0.6 is 7.26 Å². The van der Waals surface area contributed by atoms with Crippen LogP contribution in [0.4, 0.5) is 0 Å². The summed E-state index contributed by atoms with van der Waals surface area (Å²) in [5.41, 5.74) is 0. The third kappa shape index (κ3) is 30.4. The van der Waals surface area contributed by atoms with E-state index in [1.807, 2.05) is 0 Å². The van der Waals surface area contributed by atoms with Crippen molar-refractivity contribution in [1.82, 2.24) is 0 Å². The third-order valence-electron chi connectivity index (χ3n) is 9.19. The molecule has 0 N–H and O–H groups in total. The van der Waals surface area contributed by atoms with Crippen LogP contribution in [0.3, 0.4) is 0 Å². The second-order valence-corrected chi connectivity index (χ2v) is 17.5. The summed E-state index contributed by atoms with van der Waals surface area (Å²) in [6.07, 6.45) is 49.6. The van der Waals surface area contributed by atoms with E-state index in [-0.39, 0.29) is 24.0 Å². The zero-order valence-corrected chi connectivity index (χ0v) is 31.2. The van der Waals surface area contributed by atoms with E-state index in [4.69, 9.17) is 0 Å². The lowest BCUT2D eigenvalue weighted by molar-refractivity contribution is -0.00000865. The normalized spacial score (nSPS) is 11.7. The van der Waals surface area contributed by atoms with Crippen LogP contribution in [-0.4, -0.2) is 24.6 Å². The largest absolute Gasteiger partial charge is 1.00 e. The van der Waals surface area contributed by atoms with Crippen molar-refractivity contribution in [3.63, 3.8) is 0 Å². The SMILES string of the molecule is CCCCCCCCCCCCCCCC[P+](CCCCCCC)(CCCCCCC)CCCCCCC.[I-]. The number of rotatable bonds is 33. The Kier molecular flexibility index (Phi) is 38.3. The predicted molar refractivity (Wildman–Crippen MR) is 183 cm³/mol. The van der Waals surface area contributed by atoms with Crippen LogP contribution in [0.2, 0.25) is 0 Å². The van der Waals surface area contributed by atoms with E-state index < -0.39 is 7.26 Å². The van der Waals surface area contributed by atoms with Crippen molar-refractivity contribution in [2.45, 2.75) is 214 Å². The van der Waals surface area contributed by atoms with E-state index in [0.717, 1.165) is 0 Å². The average Bonchev–Trinajstić information content (AvgIpc) is 2.93. The Morgan fingerprint density at radius 1 is 0.231 bits per heavy atom. The van der Waals surface area contributed by atoms with Crippen molar-refractivity contribution in [3.8, 4) is 0 Å². The first-order valence-corrected chi connectivity index (χ1v) is 21.1. The highest BCUT2D eigenvalue weighted by Gasteiger charge is 2.34. The molecule has 0 saturated heterocycles. The second-order valence-electron chi connectivity index (χ2n) is 13.1. The molecule has 0 saturated carbocycles. The minimum absolute atomic E-state index is 0. The van der Waals surface area contributed by atoms with Crippen molar-refractivity contribution in [3.05, 3.63) is 0 Å². The molecule has 238 valence electrons. The topological polar surface area (TPSA) is 0 Å². The maximum atomic E-state index is 2.36. The van der Waals surface area contributed by atoms with Crippen LogP contribution in [0.15, 0.2) is 0 Å². The monoisotopic (exact) mass is 680 g/mol. The smallest absolute Gasteiger partial charge is 0.0594 e. The fourth-order valence-electron chi connectivity index (χ4n) is 6.46. The lowest BCUT2D eigenvalue weighted by Gasteiger charge is -2.28. The average molecular weight is 681 g/mol. The minimum Gasteiger partial charge on any atom is -1.00 e. The first-order chi connectivity index (χ1) is 18.7. The van der Waals surface area contributed by atoms with Crippen molar-refractivity contribution in [2.24, 2.45) is 0 Å². The first kappa shape index (κ1) is 42.3. The Bertz CT molecular complexity index is 388. The van der Waals surface area contributed by atoms with Crippen molar-refractivity contribution in [1.29, 1.82) is 0 Å². The molecular formula is C37H78IP. The summed E-state index contributed by atoms with van der Waals surface area (Å²) >= 11 is 0. The molecular weight excluding hydrogens is 602 g/mol. The molecule has 2 heteroatoms. The highest BCUT2D eigenvalue weighted by molar-refractivity contribution is 7.75. The molecule has 0 spiro atoms. The van der Waals surface area contributed by atoms with Crippen molar-refractivity contribution >= 4 is 7.26 Å². The summed E-state index contributed by atoms with van der Waals surface area (Å²) in [6, 6.07) is 0. The molecule has 0 rings (SSSR count). The first-order valence-electron chi connectivity index (χ1n) is 18.6. The van der Waals surface area contributed by atoms with Crippen LogP contribution in [0.1, 0.15) is 214 Å². The molecule has 0 aromatic heterocycles. The summed E-state index contributed by atoms with van der Waals surface area (Å²) in [5, 5.41) is 0. The Balaban J connectivity index is 0. The van der Waals surface area contributed by atoms with Gasteiger partial charge in [-0.2, -0.15) is 0 Å². The molecule has 0 aromatic rings. The van der Waals surface area contributed by atoms with Crippen LogP contribution in [-0.2, 0) is 0 Å². The molecule has 0 aliphatic carbocycles. The molecule has 0 aliphatic heterocycles. The van der Waals surface area contributed by atoms with Crippen molar-refractivity contribution < 1.29 is 24.0 Å². The summed E-state index contributed by atoms with van der Waals surface area (Å²) in [5.74, 6) is 0. The zero-order chi connectivity index (χ0) is 27.8. The van der Waals surface area contributed by atoms with E-state index in [9.17, 15) is 0 Å². The predicted octanol–water partition coefficient (Wildman–Crippen LogP) is 11.4. The van der Waals surface area contributed by atoms with E-state index in [1.54, 1.807) is 50.3 Å². The van der Waals surface area contributed by atoms with Crippen LogP contribution in [0, 0.1) is 0 Å². The molecule has 0 amide bonds. The van der Waals surface area contributed by atoms with Gasteiger partial charge < -0.3 is 24.0 Å². The molecule has 0 aliphatic rings.